The SMILES string of the molecule is CNCCCCS(=O)(=O)Nc1nc2c(s1)CCC2. The summed E-state index contributed by atoms with van der Waals surface area (Å²) in [7, 11) is -1.37. The van der Waals surface area contributed by atoms with E-state index in [4.69, 9.17) is 0 Å². The lowest BCUT2D eigenvalue weighted by molar-refractivity contribution is 0.595. The molecular formula is C11H19N3O2S2. The molecule has 2 rings (SSSR count). The van der Waals surface area contributed by atoms with Gasteiger partial charge in [-0.25, -0.2) is 13.4 Å². The third kappa shape index (κ3) is 3.66. The van der Waals surface area contributed by atoms with Crippen LogP contribution in [-0.2, 0) is 22.9 Å². The lowest BCUT2D eigenvalue weighted by Crippen LogP contribution is -2.18. The number of hydrogen-bond donors (Lipinski definition) is 2. The molecule has 1 aromatic heterocycles. The molecule has 5 nitrogen and oxygen atoms in total. The van der Waals surface area contributed by atoms with E-state index in [1.54, 1.807) is 0 Å². The largest absolute Gasteiger partial charge is 0.320 e. The van der Waals surface area contributed by atoms with Crippen LogP contribution in [0.15, 0.2) is 0 Å². The maximum absolute atomic E-state index is 11.8. The average Bonchev–Trinajstić information content (AvgIpc) is 2.84. The van der Waals surface area contributed by atoms with Gasteiger partial charge in [-0.3, -0.25) is 4.72 Å². The van der Waals surface area contributed by atoms with E-state index in [0.717, 1.165) is 37.9 Å². The summed E-state index contributed by atoms with van der Waals surface area (Å²) in [5, 5.41) is 3.54. The Morgan fingerprint density at radius 1 is 1.33 bits per heavy atom. The normalized spacial score (nSPS) is 14.7. The van der Waals surface area contributed by atoms with Crippen LogP contribution in [-0.4, -0.2) is 32.7 Å². The van der Waals surface area contributed by atoms with E-state index < -0.39 is 10.0 Å². The van der Waals surface area contributed by atoms with Crippen molar-refractivity contribution < 1.29 is 8.42 Å². The van der Waals surface area contributed by atoms with Gasteiger partial charge < -0.3 is 5.32 Å². The predicted molar refractivity (Wildman–Crippen MR) is 74.7 cm³/mol. The molecule has 0 saturated heterocycles. The molecule has 0 amide bonds. The zero-order valence-electron chi connectivity index (χ0n) is 10.5. The highest BCUT2D eigenvalue weighted by Gasteiger charge is 2.19. The molecular weight excluding hydrogens is 270 g/mol. The highest BCUT2D eigenvalue weighted by atomic mass is 32.2. The number of aromatic nitrogens is 1. The first-order valence-electron chi connectivity index (χ1n) is 6.24. The fraction of sp³-hybridized carbons (Fsp3) is 0.727. The molecule has 7 heteroatoms. The zero-order chi connectivity index (χ0) is 13.0. The average molecular weight is 289 g/mol. The number of unbranched alkanes of at least 4 members (excludes halogenated alkanes) is 1. The Hall–Kier alpha value is -0.660. The Labute approximate surface area is 112 Å². The van der Waals surface area contributed by atoms with Crippen LogP contribution in [0.5, 0.6) is 0 Å². The van der Waals surface area contributed by atoms with Crippen molar-refractivity contribution >= 4 is 26.5 Å². The van der Waals surface area contributed by atoms with Crippen LogP contribution in [0.4, 0.5) is 5.13 Å². The molecule has 0 fully saturated rings. The monoisotopic (exact) mass is 289 g/mol. The molecule has 0 radical (unpaired) electrons. The number of rotatable bonds is 7. The minimum absolute atomic E-state index is 0.166. The smallest absolute Gasteiger partial charge is 0.234 e. The van der Waals surface area contributed by atoms with Crippen LogP contribution in [0.1, 0.15) is 29.8 Å². The van der Waals surface area contributed by atoms with Gasteiger partial charge in [0.2, 0.25) is 10.0 Å². The highest BCUT2D eigenvalue weighted by Crippen LogP contribution is 2.30. The Morgan fingerprint density at radius 3 is 2.89 bits per heavy atom. The predicted octanol–water partition coefficient (Wildman–Crippen LogP) is 1.37. The number of hydrogen-bond acceptors (Lipinski definition) is 5. The van der Waals surface area contributed by atoms with Crippen LogP contribution >= 0.6 is 11.3 Å². The van der Waals surface area contributed by atoms with Gasteiger partial charge in [-0.15, -0.1) is 11.3 Å². The fourth-order valence-corrected chi connectivity index (χ4v) is 4.46. The molecule has 1 aliphatic carbocycles. The molecule has 1 heterocycles. The van der Waals surface area contributed by atoms with Crippen molar-refractivity contribution in [2.75, 3.05) is 24.1 Å². The van der Waals surface area contributed by atoms with Crippen molar-refractivity contribution in [1.82, 2.24) is 10.3 Å². The summed E-state index contributed by atoms with van der Waals surface area (Å²) in [4.78, 5) is 5.58. The van der Waals surface area contributed by atoms with E-state index in [9.17, 15) is 8.42 Å². The number of nitrogens with zero attached hydrogens (tertiary/aromatic N) is 1. The van der Waals surface area contributed by atoms with E-state index in [2.05, 4.69) is 15.0 Å². The molecule has 0 aliphatic heterocycles. The molecule has 0 atom stereocenters. The zero-order valence-corrected chi connectivity index (χ0v) is 12.2. The van der Waals surface area contributed by atoms with Gasteiger partial charge in [-0.05, 0) is 45.7 Å². The maximum atomic E-state index is 11.8. The lowest BCUT2D eigenvalue weighted by Gasteiger charge is -2.04. The van der Waals surface area contributed by atoms with Gasteiger partial charge in [0.1, 0.15) is 0 Å². The van der Waals surface area contributed by atoms with Crippen molar-refractivity contribution in [3.05, 3.63) is 10.6 Å². The molecule has 0 spiro atoms. The number of aryl methyl sites for hydroxylation is 2. The summed E-state index contributed by atoms with van der Waals surface area (Å²) in [5.41, 5.74) is 1.08. The van der Waals surface area contributed by atoms with E-state index in [1.165, 1.54) is 16.2 Å². The van der Waals surface area contributed by atoms with E-state index in [0.29, 0.717) is 11.6 Å². The van der Waals surface area contributed by atoms with Crippen molar-refractivity contribution in [2.45, 2.75) is 32.1 Å². The van der Waals surface area contributed by atoms with Gasteiger partial charge >= 0.3 is 0 Å². The molecule has 0 unspecified atom stereocenters. The van der Waals surface area contributed by atoms with Crippen molar-refractivity contribution in [3.8, 4) is 0 Å². The maximum Gasteiger partial charge on any atom is 0.234 e. The summed E-state index contributed by atoms with van der Waals surface area (Å²) in [6, 6.07) is 0. The van der Waals surface area contributed by atoms with Crippen LogP contribution in [0.25, 0.3) is 0 Å². The number of thiazole rings is 1. The molecule has 0 aromatic carbocycles. The number of anilines is 1. The van der Waals surface area contributed by atoms with Crippen LogP contribution in [0.2, 0.25) is 0 Å². The van der Waals surface area contributed by atoms with Gasteiger partial charge in [0.15, 0.2) is 5.13 Å². The van der Waals surface area contributed by atoms with Gasteiger partial charge in [0.25, 0.3) is 0 Å². The number of sulfonamides is 1. The van der Waals surface area contributed by atoms with Gasteiger partial charge in [0.05, 0.1) is 11.4 Å². The van der Waals surface area contributed by atoms with Gasteiger partial charge in [-0.1, -0.05) is 0 Å². The first-order valence-corrected chi connectivity index (χ1v) is 8.71. The molecule has 0 saturated carbocycles. The van der Waals surface area contributed by atoms with Gasteiger partial charge in [-0.2, -0.15) is 0 Å². The van der Waals surface area contributed by atoms with Crippen LogP contribution < -0.4 is 10.0 Å². The van der Waals surface area contributed by atoms with E-state index in [1.807, 2.05) is 7.05 Å². The van der Waals surface area contributed by atoms with Crippen molar-refractivity contribution in [1.29, 1.82) is 0 Å². The summed E-state index contributed by atoms with van der Waals surface area (Å²) < 4.78 is 26.2. The molecule has 2 N–H and O–H groups in total. The summed E-state index contributed by atoms with van der Waals surface area (Å²) >= 11 is 1.48. The number of fused-ring (bicyclic) bond motifs is 1. The minimum atomic E-state index is -3.23. The standard InChI is InChI=1S/C11H19N3O2S2/c1-12-7-2-3-8-18(15,16)14-11-13-9-5-4-6-10(9)17-11/h12H,2-8H2,1H3,(H,13,14). The van der Waals surface area contributed by atoms with Crippen LogP contribution in [0.3, 0.4) is 0 Å². The van der Waals surface area contributed by atoms with E-state index >= 15 is 0 Å². The molecule has 18 heavy (non-hydrogen) atoms. The molecule has 0 bridgehead atoms. The Bertz CT molecular complexity index is 475. The first-order chi connectivity index (χ1) is 8.61. The number of nitrogens with one attached hydrogen (secondary N) is 2. The summed E-state index contributed by atoms with van der Waals surface area (Å²) in [6.07, 6.45) is 4.70. The summed E-state index contributed by atoms with van der Waals surface area (Å²) in [5.74, 6) is 0.166. The Balaban J connectivity index is 1.87. The second-order valence-corrected chi connectivity index (χ2v) is 7.40. The molecule has 102 valence electrons. The Morgan fingerprint density at radius 2 is 2.17 bits per heavy atom. The lowest BCUT2D eigenvalue weighted by atomic mass is 10.3. The minimum Gasteiger partial charge on any atom is -0.320 e. The second kappa shape index (κ2) is 5.99. The van der Waals surface area contributed by atoms with Crippen molar-refractivity contribution in [3.63, 3.8) is 0 Å². The second-order valence-electron chi connectivity index (χ2n) is 4.47. The topological polar surface area (TPSA) is 71.1 Å². The molecule has 1 aromatic rings. The van der Waals surface area contributed by atoms with Crippen LogP contribution in [0, 0.1) is 0 Å². The van der Waals surface area contributed by atoms with E-state index in [-0.39, 0.29) is 5.75 Å². The highest BCUT2D eigenvalue weighted by molar-refractivity contribution is 7.92. The third-order valence-corrected chi connectivity index (χ3v) is 5.46. The Kier molecular flexibility index (Phi) is 4.58. The fourth-order valence-electron chi connectivity index (χ4n) is 2.01. The van der Waals surface area contributed by atoms with Gasteiger partial charge in [0, 0.05) is 4.88 Å². The van der Waals surface area contributed by atoms with Crippen molar-refractivity contribution in [2.24, 2.45) is 0 Å². The first kappa shape index (κ1) is 13.8. The third-order valence-electron chi connectivity index (χ3n) is 2.93. The molecule has 1 aliphatic rings. The summed E-state index contributed by atoms with van der Waals surface area (Å²) in [6.45, 7) is 0.848. The quantitative estimate of drug-likeness (QED) is 0.744.